The molecule has 0 aliphatic heterocycles. The smallest absolute Gasteiger partial charge is 0.152 e. The summed E-state index contributed by atoms with van der Waals surface area (Å²) in [5.74, 6) is -0.0840. The molecule has 0 aliphatic rings. The number of ketones is 1. The molecule has 4 heteroatoms. The Morgan fingerprint density at radius 1 is 1.60 bits per heavy atom. The molecule has 0 bridgehead atoms. The van der Waals surface area contributed by atoms with Crippen molar-refractivity contribution in [2.45, 2.75) is 20.3 Å². The van der Waals surface area contributed by atoms with Crippen LogP contribution >= 0.6 is 7.29 Å². The van der Waals surface area contributed by atoms with E-state index in [0.29, 0.717) is 6.16 Å². The van der Waals surface area contributed by atoms with Crippen LogP contribution in [0.5, 0.6) is 0 Å². The first-order valence-corrected chi connectivity index (χ1v) is 5.48. The number of rotatable bonds is 4. The first-order chi connectivity index (χ1) is 4.48. The zero-order valence-electron chi connectivity index (χ0n) is 6.46. The third-order valence-electron chi connectivity index (χ3n) is 1.09. The third-order valence-corrected chi connectivity index (χ3v) is 3.28. The van der Waals surface area contributed by atoms with E-state index in [1.165, 1.54) is 6.92 Å². The molecule has 0 aromatic rings. The Balaban J connectivity index is 3.87. The van der Waals surface area contributed by atoms with Crippen molar-refractivity contribution in [3.63, 3.8) is 0 Å². The van der Waals surface area contributed by atoms with E-state index >= 15 is 0 Å². The van der Waals surface area contributed by atoms with Gasteiger partial charge in [-0.25, -0.2) is 0 Å². The molecule has 10 heavy (non-hydrogen) atoms. The summed E-state index contributed by atoms with van der Waals surface area (Å²) in [6, 6.07) is 0. The number of hydrogen-bond donors (Lipinski definition) is 1. The normalized spacial score (nSPS) is 16.3. The maximum Gasteiger partial charge on any atom is 0.152 e. The fraction of sp³-hybridized carbons (Fsp3) is 0.833. The highest BCUT2D eigenvalue weighted by Crippen LogP contribution is 2.36. The molecule has 0 heterocycles. The minimum atomic E-state index is -2.60. The average Bonchev–Trinajstić information content (AvgIpc) is 1.59. The molecule has 0 aromatic heterocycles. The third kappa shape index (κ3) is 4.71. The van der Waals surface area contributed by atoms with Gasteiger partial charge >= 0.3 is 0 Å². The summed E-state index contributed by atoms with van der Waals surface area (Å²) in [7, 11) is -2.60. The fourth-order valence-corrected chi connectivity index (χ4v) is 2.50. The second-order valence-corrected chi connectivity index (χ2v) is 5.20. The Bertz CT molecular complexity index is 167. The lowest BCUT2D eigenvalue weighted by Gasteiger charge is -2.07. The van der Waals surface area contributed by atoms with E-state index in [1.54, 1.807) is 0 Å². The number of carbonyl (C=O) groups is 1. The highest BCUT2D eigenvalue weighted by Gasteiger charge is 2.16. The van der Waals surface area contributed by atoms with Gasteiger partial charge < -0.3 is 4.57 Å². The molecule has 0 saturated heterocycles. The molecule has 0 spiro atoms. The minimum absolute atomic E-state index is 0.0564. The van der Waals surface area contributed by atoms with Gasteiger partial charge in [-0.05, 0) is 13.3 Å². The highest BCUT2D eigenvalue weighted by molar-refractivity contribution is 7.62. The van der Waals surface area contributed by atoms with Gasteiger partial charge in [0.15, 0.2) is 7.29 Å². The van der Waals surface area contributed by atoms with E-state index < -0.39 is 7.29 Å². The SMILES string of the molecule is CCCP(N)(=O)CC(C)=O. The molecule has 0 rings (SSSR count). The molecule has 1 atom stereocenters. The molecule has 60 valence electrons. The summed E-state index contributed by atoms with van der Waals surface area (Å²) in [5, 5.41) is 0. The zero-order chi connectivity index (χ0) is 8.20. The van der Waals surface area contributed by atoms with Gasteiger partial charge in [0.25, 0.3) is 0 Å². The lowest BCUT2D eigenvalue weighted by molar-refractivity contribution is -0.114. The van der Waals surface area contributed by atoms with Gasteiger partial charge in [-0.2, -0.15) is 0 Å². The molecule has 0 saturated carbocycles. The van der Waals surface area contributed by atoms with Crippen LogP contribution in [0, 0.1) is 0 Å². The van der Waals surface area contributed by atoms with Gasteiger partial charge in [0.2, 0.25) is 0 Å². The second-order valence-electron chi connectivity index (χ2n) is 2.54. The van der Waals surface area contributed by atoms with Crippen LogP contribution in [0.25, 0.3) is 0 Å². The maximum atomic E-state index is 11.2. The van der Waals surface area contributed by atoms with Crippen molar-refractivity contribution in [2.75, 3.05) is 12.3 Å². The predicted octanol–water partition coefficient (Wildman–Crippen LogP) is 1.22. The van der Waals surface area contributed by atoms with Crippen LogP contribution in [0.2, 0.25) is 0 Å². The van der Waals surface area contributed by atoms with Gasteiger partial charge in [0.05, 0.1) is 6.16 Å². The van der Waals surface area contributed by atoms with Crippen LogP contribution in [0.15, 0.2) is 0 Å². The molecule has 3 nitrogen and oxygen atoms in total. The van der Waals surface area contributed by atoms with Crippen molar-refractivity contribution >= 4 is 13.1 Å². The van der Waals surface area contributed by atoms with Crippen LogP contribution in [0.1, 0.15) is 20.3 Å². The molecule has 0 amide bonds. The van der Waals surface area contributed by atoms with Crippen molar-refractivity contribution in [1.82, 2.24) is 0 Å². The van der Waals surface area contributed by atoms with Crippen LogP contribution in [-0.4, -0.2) is 18.1 Å². The Labute approximate surface area is 61.4 Å². The molecule has 2 N–H and O–H groups in total. The molecule has 0 fully saturated rings. The molecule has 0 aliphatic carbocycles. The molecule has 1 unspecified atom stereocenters. The molecular formula is C6H14NO2P. The molecule has 0 radical (unpaired) electrons. The van der Waals surface area contributed by atoms with Crippen LogP contribution in [-0.2, 0) is 9.36 Å². The maximum absolute atomic E-state index is 11.2. The Morgan fingerprint density at radius 2 is 2.10 bits per heavy atom. The Hall–Kier alpha value is -0.140. The van der Waals surface area contributed by atoms with Crippen LogP contribution in [0.3, 0.4) is 0 Å². The van der Waals surface area contributed by atoms with Crippen molar-refractivity contribution < 1.29 is 9.36 Å². The van der Waals surface area contributed by atoms with E-state index in [2.05, 4.69) is 0 Å². The number of carbonyl (C=O) groups excluding carboxylic acids is 1. The quantitative estimate of drug-likeness (QED) is 0.634. The van der Waals surface area contributed by atoms with Gasteiger partial charge in [0, 0.05) is 6.16 Å². The first kappa shape index (κ1) is 9.86. The number of Topliss-reactive ketones (excluding diaryl/α,β-unsaturated/α-hetero) is 1. The first-order valence-electron chi connectivity index (χ1n) is 3.34. The lowest BCUT2D eigenvalue weighted by Crippen LogP contribution is -2.09. The van der Waals surface area contributed by atoms with E-state index in [4.69, 9.17) is 5.50 Å². The van der Waals surface area contributed by atoms with E-state index in [0.717, 1.165) is 6.42 Å². The van der Waals surface area contributed by atoms with Crippen LogP contribution in [0.4, 0.5) is 0 Å². The van der Waals surface area contributed by atoms with E-state index in [9.17, 15) is 9.36 Å². The average molecular weight is 163 g/mol. The zero-order valence-corrected chi connectivity index (χ0v) is 7.36. The van der Waals surface area contributed by atoms with Crippen molar-refractivity contribution in [3.8, 4) is 0 Å². The number of nitrogens with two attached hydrogens (primary N) is 1. The Morgan fingerprint density at radius 3 is 2.40 bits per heavy atom. The summed E-state index contributed by atoms with van der Waals surface area (Å²) in [6.45, 7) is 3.31. The summed E-state index contributed by atoms with van der Waals surface area (Å²) in [4.78, 5) is 10.5. The van der Waals surface area contributed by atoms with E-state index in [-0.39, 0.29) is 11.9 Å². The predicted molar refractivity (Wildman–Crippen MR) is 42.5 cm³/mol. The van der Waals surface area contributed by atoms with Crippen molar-refractivity contribution in [2.24, 2.45) is 5.50 Å². The second kappa shape index (κ2) is 3.89. The fourth-order valence-electron chi connectivity index (χ4n) is 0.834. The summed E-state index contributed by atoms with van der Waals surface area (Å²) in [5.41, 5.74) is 5.36. The monoisotopic (exact) mass is 163 g/mol. The van der Waals surface area contributed by atoms with Crippen molar-refractivity contribution in [3.05, 3.63) is 0 Å². The topological polar surface area (TPSA) is 60.2 Å². The van der Waals surface area contributed by atoms with E-state index in [1.807, 2.05) is 6.92 Å². The largest absolute Gasteiger partial charge is 0.307 e. The van der Waals surface area contributed by atoms with Crippen LogP contribution < -0.4 is 5.50 Å². The summed E-state index contributed by atoms with van der Waals surface area (Å²) < 4.78 is 11.2. The summed E-state index contributed by atoms with van der Waals surface area (Å²) >= 11 is 0. The minimum Gasteiger partial charge on any atom is -0.307 e. The van der Waals surface area contributed by atoms with Crippen molar-refractivity contribution in [1.29, 1.82) is 0 Å². The number of hydrogen-bond acceptors (Lipinski definition) is 2. The molecular weight excluding hydrogens is 149 g/mol. The van der Waals surface area contributed by atoms with Gasteiger partial charge in [-0.15, -0.1) is 0 Å². The Kier molecular flexibility index (Phi) is 3.84. The standard InChI is InChI=1S/C6H14NO2P/c1-3-4-10(7,9)5-6(2)8/h3-5H2,1-2H3,(H2,7,9). The molecule has 0 aromatic carbocycles. The van der Waals surface area contributed by atoms with Gasteiger partial charge in [-0.3, -0.25) is 10.3 Å². The highest BCUT2D eigenvalue weighted by atomic mass is 31.2. The lowest BCUT2D eigenvalue weighted by atomic mass is 10.5. The van der Waals surface area contributed by atoms with Gasteiger partial charge in [0.1, 0.15) is 5.78 Å². The van der Waals surface area contributed by atoms with Gasteiger partial charge in [-0.1, -0.05) is 6.92 Å². The summed E-state index contributed by atoms with van der Waals surface area (Å²) in [6.07, 6.45) is 1.31.